The van der Waals surface area contributed by atoms with Crippen molar-refractivity contribution in [3.63, 3.8) is 0 Å². The summed E-state index contributed by atoms with van der Waals surface area (Å²) in [6, 6.07) is 18.8. The van der Waals surface area contributed by atoms with Crippen molar-refractivity contribution in [3.05, 3.63) is 83.1 Å². The van der Waals surface area contributed by atoms with E-state index in [1.807, 2.05) is 48.5 Å². The van der Waals surface area contributed by atoms with Gasteiger partial charge in [0.2, 0.25) is 11.8 Å². The van der Waals surface area contributed by atoms with Gasteiger partial charge >= 0.3 is 13.7 Å². The summed E-state index contributed by atoms with van der Waals surface area (Å²) in [5.41, 5.74) is 5.16. The molecule has 17 heteroatoms. The highest BCUT2D eigenvalue weighted by atomic mass is 79.9. The van der Waals surface area contributed by atoms with Gasteiger partial charge in [0.1, 0.15) is 35.7 Å². The van der Waals surface area contributed by atoms with Crippen molar-refractivity contribution in [1.29, 1.82) is 0 Å². The highest BCUT2D eigenvalue weighted by molar-refractivity contribution is 9.10. The second kappa shape index (κ2) is 15.1. The number of nitrogen functional groups attached to an aromatic ring is 1. The minimum Gasteiger partial charge on any atom is -0.479 e. The van der Waals surface area contributed by atoms with Crippen LogP contribution in [0.1, 0.15) is 45.6 Å². The number of imidazole rings is 1. The summed E-state index contributed by atoms with van der Waals surface area (Å²) in [7, 11) is -3.09. The number of aliphatic hydroxyl groups excluding tert-OH is 1. The number of methoxy groups -OCH3 is 1. The molecule has 5 aromatic rings. The Kier molecular flexibility index (Phi) is 10.9. The number of esters is 1. The standard InChI is InChI=1S/C35H40BrN6O9P/c1-19(2)27(32(44)49-20(3)21-13-15-23(36)16-14-21)41-52(46,51-25-12-8-10-22-9-6-7-11-24(22)25)48-17-26-29(43)35(4,45)33(50-26)42-18-38-28-30(42)39-34(37)40-31(28)47-5/h6-16,18-20,26-27,29,33,43,45H,17H2,1-5H3,(H,41,46)(H2,37,39,40)/t20-,26+,27?,29+,33?,35+,52?/m0/s1. The van der Waals surface area contributed by atoms with Gasteiger partial charge in [0.25, 0.3) is 0 Å². The third-order valence-electron chi connectivity index (χ3n) is 8.83. The zero-order valence-electron chi connectivity index (χ0n) is 29.0. The molecule has 2 aromatic heterocycles. The van der Waals surface area contributed by atoms with Gasteiger partial charge in [-0.2, -0.15) is 15.1 Å². The lowest BCUT2D eigenvalue weighted by Crippen LogP contribution is -2.45. The number of anilines is 1. The maximum atomic E-state index is 14.8. The van der Waals surface area contributed by atoms with Crippen LogP contribution in [0.15, 0.2) is 77.5 Å². The van der Waals surface area contributed by atoms with Crippen LogP contribution in [0.5, 0.6) is 11.6 Å². The number of nitrogens with two attached hydrogens (primary N) is 1. The average molecular weight is 800 g/mol. The summed E-state index contributed by atoms with van der Waals surface area (Å²) in [5, 5.41) is 27.1. The van der Waals surface area contributed by atoms with Gasteiger partial charge in [-0.15, -0.1) is 0 Å². The smallest absolute Gasteiger partial charge is 0.459 e. The lowest BCUT2D eigenvalue weighted by Gasteiger charge is -2.29. The molecule has 276 valence electrons. The van der Waals surface area contributed by atoms with Gasteiger partial charge in [0, 0.05) is 9.86 Å². The SMILES string of the molecule is COc1nc(N)nc2c1ncn2C1O[C@H](COP(=O)(NC(C(=O)O[C@@H](C)c2ccc(Br)cc2)C(C)C)Oc2cccc3ccccc23)[C@@H](O)[C@@]1(C)O. The second-order valence-electron chi connectivity index (χ2n) is 13.0. The summed E-state index contributed by atoms with van der Waals surface area (Å²) in [6.07, 6.45) is -3.32. The fraction of sp³-hybridized carbons (Fsp3) is 0.371. The number of nitrogens with one attached hydrogen (secondary N) is 1. The van der Waals surface area contributed by atoms with Crippen LogP contribution in [-0.4, -0.2) is 73.3 Å². The van der Waals surface area contributed by atoms with Crippen LogP contribution in [0.2, 0.25) is 0 Å². The van der Waals surface area contributed by atoms with Crippen molar-refractivity contribution < 1.29 is 42.8 Å². The Hall–Kier alpha value is -4.15. The number of fused-ring (bicyclic) bond motifs is 2. The van der Waals surface area contributed by atoms with Crippen LogP contribution in [0.25, 0.3) is 21.9 Å². The maximum Gasteiger partial charge on any atom is 0.459 e. The first kappa shape index (κ1) is 37.6. The van der Waals surface area contributed by atoms with Crippen molar-refractivity contribution in [1.82, 2.24) is 24.6 Å². The number of benzene rings is 3. The topological polar surface area (TPSA) is 202 Å². The van der Waals surface area contributed by atoms with Gasteiger partial charge in [0.05, 0.1) is 20.0 Å². The van der Waals surface area contributed by atoms with E-state index in [-0.39, 0.29) is 28.7 Å². The molecule has 0 saturated carbocycles. The Balaban J connectivity index is 1.28. The van der Waals surface area contributed by atoms with Crippen molar-refractivity contribution >= 4 is 57.5 Å². The molecule has 52 heavy (non-hydrogen) atoms. The monoisotopic (exact) mass is 798 g/mol. The summed E-state index contributed by atoms with van der Waals surface area (Å²) in [4.78, 5) is 26.2. The molecular weight excluding hydrogens is 759 g/mol. The molecule has 0 amide bonds. The minimum atomic E-state index is -4.49. The van der Waals surface area contributed by atoms with E-state index >= 15 is 0 Å². The highest BCUT2D eigenvalue weighted by Gasteiger charge is 2.54. The number of hydrogen-bond acceptors (Lipinski definition) is 13. The van der Waals surface area contributed by atoms with E-state index in [0.717, 1.165) is 15.4 Å². The number of nitrogens with zero attached hydrogens (tertiary/aromatic N) is 4. The molecule has 6 rings (SSSR count). The fourth-order valence-electron chi connectivity index (χ4n) is 5.96. The predicted molar refractivity (Wildman–Crippen MR) is 195 cm³/mol. The van der Waals surface area contributed by atoms with Crippen molar-refractivity contribution in [2.45, 2.75) is 63.9 Å². The zero-order valence-corrected chi connectivity index (χ0v) is 31.5. The number of hydrogen-bond donors (Lipinski definition) is 4. The normalized spacial score (nSPS) is 22.7. The number of ether oxygens (including phenoxy) is 3. The molecule has 1 fully saturated rings. The quantitative estimate of drug-likeness (QED) is 0.0863. The third kappa shape index (κ3) is 7.64. The average Bonchev–Trinajstić information content (AvgIpc) is 3.62. The number of carbonyl (C=O) groups is 1. The van der Waals surface area contributed by atoms with Crippen LogP contribution in [0, 0.1) is 5.92 Å². The fourth-order valence-corrected chi connectivity index (χ4v) is 7.91. The summed E-state index contributed by atoms with van der Waals surface area (Å²) in [6.45, 7) is 6.10. The number of halogens is 1. The molecule has 3 heterocycles. The number of aliphatic hydroxyl groups is 2. The van der Waals surface area contributed by atoms with E-state index in [1.165, 1.54) is 24.9 Å². The maximum absolute atomic E-state index is 14.8. The zero-order chi connectivity index (χ0) is 37.4. The summed E-state index contributed by atoms with van der Waals surface area (Å²) >= 11 is 3.41. The lowest BCUT2D eigenvalue weighted by molar-refractivity contribution is -0.152. The summed E-state index contributed by atoms with van der Waals surface area (Å²) in [5.74, 6) is -0.883. The number of carbonyl (C=O) groups excluding carboxylic acids is 1. The molecule has 1 aliphatic heterocycles. The van der Waals surface area contributed by atoms with Crippen LogP contribution in [0.4, 0.5) is 5.95 Å². The highest BCUT2D eigenvalue weighted by Crippen LogP contribution is 2.49. The van der Waals surface area contributed by atoms with Crippen molar-refractivity contribution in [2.75, 3.05) is 19.5 Å². The van der Waals surface area contributed by atoms with Crippen LogP contribution in [0.3, 0.4) is 0 Å². The molecule has 0 aliphatic carbocycles. The first-order valence-electron chi connectivity index (χ1n) is 16.5. The first-order chi connectivity index (χ1) is 24.7. The van der Waals surface area contributed by atoms with E-state index < -0.39 is 62.4 Å². The Morgan fingerprint density at radius 1 is 1.12 bits per heavy atom. The third-order valence-corrected chi connectivity index (χ3v) is 10.9. The number of rotatable bonds is 13. The van der Waals surface area contributed by atoms with E-state index in [4.69, 9.17) is 29.0 Å². The Bertz CT molecular complexity index is 2110. The Morgan fingerprint density at radius 3 is 2.54 bits per heavy atom. The van der Waals surface area contributed by atoms with Gasteiger partial charge in [-0.05, 0) is 48.9 Å². The molecule has 1 saturated heterocycles. The van der Waals surface area contributed by atoms with Gasteiger partial charge in [-0.25, -0.2) is 9.55 Å². The van der Waals surface area contributed by atoms with E-state index in [2.05, 4.69) is 36.0 Å². The van der Waals surface area contributed by atoms with E-state index in [9.17, 15) is 19.6 Å². The van der Waals surface area contributed by atoms with Crippen LogP contribution in [-0.2, 0) is 23.4 Å². The lowest BCUT2D eigenvalue weighted by atomic mass is 9.96. The first-order valence-corrected chi connectivity index (χ1v) is 18.8. The van der Waals surface area contributed by atoms with Crippen LogP contribution >= 0.6 is 23.7 Å². The molecule has 3 aromatic carbocycles. The molecule has 1 aliphatic rings. The molecule has 0 bridgehead atoms. The molecular formula is C35H40BrN6O9P. The second-order valence-corrected chi connectivity index (χ2v) is 15.6. The van der Waals surface area contributed by atoms with Gasteiger partial charge in [-0.3, -0.25) is 13.9 Å². The molecule has 7 atom stereocenters. The van der Waals surface area contributed by atoms with E-state index in [1.54, 1.807) is 39.0 Å². The molecule has 15 nitrogen and oxygen atoms in total. The largest absolute Gasteiger partial charge is 0.479 e. The van der Waals surface area contributed by atoms with Crippen molar-refractivity contribution in [3.8, 4) is 11.6 Å². The number of aromatic nitrogens is 4. The Labute approximate surface area is 308 Å². The van der Waals surface area contributed by atoms with Crippen LogP contribution < -0.4 is 20.1 Å². The van der Waals surface area contributed by atoms with Crippen molar-refractivity contribution in [2.24, 2.45) is 5.92 Å². The predicted octanol–water partition coefficient (Wildman–Crippen LogP) is 5.46. The molecule has 0 spiro atoms. The molecule has 0 radical (unpaired) electrons. The summed E-state index contributed by atoms with van der Waals surface area (Å²) < 4.78 is 46.5. The Morgan fingerprint density at radius 2 is 1.83 bits per heavy atom. The molecule has 5 N–H and O–H groups in total. The van der Waals surface area contributed by atoms with E-state index in [0.29, 0.717) is 5.39 Å². The minimum absolute atomic E-state index is 0.105. The molecule has 3 unspecified atom stereocenters. The van der Waals surface area contributed by atoms with Gasteiger partial charge < -0.3 is 34.7 Å². The van der Waals surface area contributed by atoms with Gasteiger partial charge in [0.15, 0.2) is 17.4 Å². The van der Waals surface area contributed by atoms with Gasteiger partial charge in [-0.1, -0.05) is 78.3 Å².